The van der Waals surface area contributed by atoms with Gasteiger partial charge in [-0.25, -0.2) is 0 Å². The largest absolute Gasteiger partial charge is 0.345 e. The van der Waals surface area contributed by atoms with Gasteiger partial charge in [0.05, 0.1) is 0 Å². The van der Waals surface area contributed by atoms with Gasteiger partial charge in [-0.3, -0.25) is 0 Å². The minimum Gasteiger partial charge on any atom is -0.345 e. The molecule has 2 nitrogen and oxygen atoms in total. The Morgan fingerprint density at radius 2 is 0.780 bits per heavy atom. The highest BCUT2D eigenvalue weighted by Crippen LogP contribution is 2.38. The van der Waals surface area contributed by atoms with Gasteiger partial charge in [0.15, 0.2) is 0 Å². The molecule has 0 heterocycles. The van der Waals surface area contributed by atoms with Gasteiger partial charge < -0.3 is 9.80 Å². The van der Waals surface area contributed by atoms with Crippen molar-refractivity contribution in [2.45, 2.75) is 6.92 Å². The third-order valence-corrected chi connectivity index (χ3v) is 9.04. The molecule has 0 aliphatic rings. The third-order valence-electron chi connectivity index (χ3n) is 9.04. The van der Waals surface area contributed by atoms with E-state index in [-0.39, 0.29) is 0 Å². The van der Waals surface area contributed by atoms with E-state index in [1.54, 1.807) is 6.08 Å². The van der Waals surface area contributed by atoms with Crippen molar-refractivity contribution in [2.24, 2.45) is 0 Å². The summed E-state index contributed by atoms with van der Waals surface area (Å²) in [6.45, 7) is 5.25. The molecule has 0 radical (unpaired) electrons. The zero-order valence-electron chi connectivity index (χ0n) is 28.6. The van der Waals surface area contributed by atoms with Gasteiger partial charge in [-0.1, -0.05) is 133 Å². The molecule has 0 saturated heterocycles. The van der Waals surface area contributed by atoms with Crippen molar-refractivity contribution in [3.05, 3.63) is 201 Å². The van der Waals surface area contributed by atoms with E-state index in [9.17, 15) is 0 Å². The van der Waals surface area contributed by atoms with Crippen molar-refractivity contribution in [3.8, 4) is 22.3 Å². The summed E-state index contributed by atoms with van der Waals surface area (Å²) in [6, 6.07) is 67.5. The molecular formula is C48H40N2. The van der Waals surface area contributed by atoms with Crippen molar-refractivity contribution in [3.63, 3.8) is 0 Å². The van der Waals surface area contributed by atoms with Crippen LogP contribution in [-0.2, 0) is 0 Å². The molecule has 2 heteroatoms. The summed E-state index contributed by atoms with van der Waals surface area (Å²) in [5.74, 6) is 0. The molecule has 0 fully saturated rings. The molecule has 0 aliphatic heterocycles. The smallest absolute Gasteiger partial charge is 0.0468 e. The van der Waals surface area contributed by atoms with Gasteiger partial charge >= 0.3 is 0 Å². The maximum atomic E-state index is 3.36. The number of benzene rings is 8. The number of fused-ring (bicyclic) bond motifs is 2. The summed E-state index contributed by atoms with van der Waals surface area (Å²) < 4.78 is 0. The van der Waals surface area contributed by atoms with Gasteiger partial charge in [0.2, 0.25) is 0 Å². The fourth-order valence-corrected chi connectivity index (χ4v) is 6.43. The second-order valence-corrected chi connectivity index (χ2v) is 12.4. The van der Waals surface area contributed by atoms with Crippen LogP contribution in [0.4, 0.5) is 28.4 Å². The van der Waals surface area contributed by atoms with E-state index in [0.717, 1.165) is 28.4 Å². The second-order valence-electron chi connectivity index (χ2n) is 12.4. The van der Waals surface area contributed by atoms with Gasteiger partial charge in [0, 0.05) is 35.5 Å². The predicted octanol–water partition coefficient (Wildman–Crippen LogP) is 13.8. The first kappa shape index (κ1) is 32.2. The highest BCUT2D eigenvalue weighted by Gasteiger charge is 2.14. The van der Waals surface area contributed by atoms with Crippen LogP contribution in [-0.4, -0.2) is 7.05 Å². The molecule has 0 unspecified atom stereocenters. The minimum atomic E-state index is 1.12. The Morgan fingerprint density at radius 3 is 1.32 bits per heavy atom. The van der Waals surface area contributed by atoms with Crippen molar-refractivity contribution in [2.75, 3.05) is 16.8 Å². The van der Waals surface area contributed by atoms with Crippen LogP contribution in [0.5, 0.6) is 0 Å². The third kappa shape index (κ3) is 6.92. The topological polar surface area (TPSA) is 6.48 Å². The summed E-state index contributed by atoms with van der Waals surface area (Å²) in [6.07, 6.45) is 1.75. The minimum absolute atomic E-state index is 1.12. The lowest BCUT2D eigenvalue weighted by Gasteiger charge is -2.26. The van der Waals surface area contributed by atoms with Gasteiger partial charge in [-0.05, 0) is 111 Å². The summed E-state index contributed by atoms with van der Waals surface area (Å²) >= 11 is 0. The lowest BCUT2D eigenvalue weighted by Crippen LogP contribution is -2.10. The molecule has 8 rings (SSSR count). The number of hydrogen-bond acceptors (Lipinski definition) is 2. The molecule has 242 valence electrons. The van der Waals surface area contributed by atoms with Gasteiger partial charge in [0.1, 0.15) is 0 Å². The Balaban J connectivity index is 0.00000126. The Hall–Kier alpha value is -6.38. The van der Waals surface area contributed by atoms with Crippen molar-refractivity contribution >= 4 is 50.0 Å². The quantitative estimate of drug-likeness (QED) is 0.159. The summed E-state index contributed by atoms with van der Waals surface area (Å²) in [7, 11) is 2.13. The fraction of sp³-hybridized carbons (Fsp3) is 0.0417. The molecule has 0 saturated carbocycles. The zero-order chi connectivity index (χ0) is 34.3. The first-order valence-corrected chi connectivity index (χ1v) is 17.1. The van der Waals surface area contributed by atoms with Crippen LogP contribution in [0.1, 0.15) is 6.92 Å². The summed E-state index contributed by atoms with van der Waals surface area (Å²) in [5.41, 5.74) is 10.5. The van der Waals surface area contributed by atoms with Crippen LogP contribution in [0.25, 0.3) is 43.8 Å². The van der Waals surface area contributed by atoms with Crippen LogP contribution in [0.15, 0.2) is 201 Å². The normalized spacial score (nSPS) is 10.7. The predicted molar refractivity (Wildman–Crippen MR) is 217 cm³/mol. The molecule has 0 atom stereocenters. The van der Waals surface area contributed by atoms with Gasteiger partial charge in [0.25, 0.3) is 0 Å². The Kier molecular flexibility index (Phi) is 9.53. The van der Waals surface area contributed by atoms with Crippen LogP contribution in [0, 0.1) is 0 Å². The van der Waals surface area contributed by atoms with Crippen LogP contribution >= 0.6 is 0 Å². The molecule has 8 aromatic rings. The Bertz CT molecular complexity index is 2280. The number of anilines is 5. The maximum absolute atomic E-state index is 3.36. The lowest BCUT2D eigenvalue weighted by atomic mass is 10.0. The van der Waals surface area contributed by atoms with Gasteiger partial charge in [-0.2, -0.15) is 0 Å². The first-order valence-electron chi connectivity index (χ1n) is 17.1. The highest BCUT2D eigenvalue weighted by atomic mass is 15.1. The molecule has 50 heavy (non-hydrogen) atoms. The number of allylic oxidation sites excluding steroid dienone is 1. The SMILES string of the molecule is C=CC.CN(c1ccc(-c2ccc(N(c3ccc4ccccc4c3)c3ccc4ccccc4c3)cc2)cc1)c1cccc(-c2ccccc2)c1. The lowest BCUT2D eigenvalue weighted by molar-refractivity contribution is 1.21. The molecular weight excluding hydrogens is 605 g/mol. The molecule has 0 aliphatic carbocycles. The van der Waals surface area contributed by atoms with E-state index < -0.39 is 0 Å². The van der Waals surface area contributed by atoms with Gasteiger partial charge in [-0.15, -0.1) is 6.58 Å². The average molecular weight is 645 g/mol. The van der Waals surface area contributed by atoms with E-state index in [1.165, 1.54) is 43.8 Å². The molecule has 0 spiro atoms. The molecule has 8 aromatic carbocycles. The van der Waals surface area contributed by atoms with E-state index in [1.807, 2.05) is 6.92 Å². The number of nitrogens with zero attached hydrogens (tertiary/aromatic N) is 2. The summed E-state index contributed by atoms with van der Waals surface area (Å²) in [5, 5.41) is 4.93. The van der Waals surface area contributed by atoms with Crippen LogP contribution in [0.2, 0.25) is 0 Å². The molecule has 0 bridgehead atoms. The standard InChI is InChI=1S/C45H34N2.C3H6/c1-46(43-17-9-16-40(30-43)33-10-3-2-4-11-33)41-24-18-36(19-25-41)37-20-26-42(27-21-37)47(44-28-22-34-12-5-7-14-38(34)31-44)45-29-23-35-13-6-8-15-39(35)32-45;1-3-2/h2-32H,1H3;3H,1H2,2H3. The van der Waals surface area contributed by atoms with E-state index in [2.05, 4.69) is 211 Å². The highest BCUT2D eigenvalue weighted by molar-refractivity contribution is 5.92. The van der Waals surface area contributed by atoms with Crippen molar-refractivity contribution in [1.29, 1.82) is 0 Å². The Labute approximate surface area is 295 Å². The van der Waals surface area contributed by atoms with E-state index in [4.69, 9.17) is 0 Å². The molecule has 0 amide bonds. The molecule has 0 N–H and O–H groups in total. The van der Waals surface area contributed by atoms with E-state index >= 15 is 0 Å². The van der Waals surface area contributed by atoms with Crippen LogP contribution in [0.3, 0.4) is 0 Å². The Morgan fingerprint density at radius 1 is 0.360 bits per heavy atom. The zero-order valence-corrected chi connectivity index (χ0v) is 28.6. The average Bonchev–Trinajstić information content (AvgIpc) is 3.19. The summed E-state index contributed by atoms with van der Waals surface area (Å²) in [4.78, 5) is 4.59. The van der Waals surface area contributed by atoms with Crippen molar-refractivity contribution < 1.29 is 0 Å². The fourth-order valence-electron chi connectivity index (χ4n) is 6.43. The maximum Gasteiger partial charge on any atom is 0.0468 e. The number of hydrogen-bond donors (Lipinski definition) is 0. The second kappa shape index (κ2) is 14.8. The van der Waals surface area contributed by atoms with Crippen molar-refractivity contribution in [1.82, 2.24) is 0 Å². The molecule has 0 aromatic heterocycles. The van der Waals surface area contributed by atoms with E-state index in [0.29, 0.717) is 0 Å². The number of rotatable bonds is 7. The monoisotopic (exact) mass is 644 g/mol. The first-order chi connectivity index (χ1) is 24.6. The van der Waals surface area contributed by atoms with Crippen LogP contribution < -0.4 is 9.80 Å².